The molecule has 0 saturated carbocycles. The smallest absolute Gasteiger partial charge is 0.326 e. The van der Waals surface area contributed by atoms with Crippen LogP contribution in [0, 0.1) is 5.92 Å². The molecule has 0 bridgehead atoms. The molecule has 114 valence electrons. The van der Waals surface area contributed by atoms with Crippen LogP contribution in [0.3, 0.4) is 0 Å². The molecule has 21 heavy (non-hydrogen) atoms. The minimum absolute atomic E-state index is 0.0438. The zero-order valence-electron chi connectivity index (χ0n) is 12.1. The highest BCUT2D eigenvalue weighted by molar-refractivity contribution is 5.85. The van der Waals surface area contributed by atoms with E-state index in [1.54, 1.807) is 24.3 Å². The van der Waals surface area contributed by atoms with Crippen LogP contribution in [-0.4, -0.2) is 48.2 Å². The van der Waals surface area contributed by atoms with E-state index in [-0.39, 0.29) is 18.4 Å². The molecule has 1 amide bonds. The summed E-state index contributed by atoms with van der Waals surface area (Å²) in [5.74, 6) is -0.330. The zero-order chi connectivity index (χ0) is 15.4. The van der Waals surface area contributed by atoms with Crippen molar-refractivity contribution >= 4 is 11.9 Å². The number of hydrogen-bond donors (Lipinski definition) is 1. The summed E-state index contributed by atoms with van der Waals surface area (Å²) in [6, 6.07) is 6.25. The maximum Gasteiger partial charge on any atom is 0.326 e. The number of carbonyl (C=O) groups is 2. The molecule has 1 heterocycles. The van der Waals surface area contributed by atoms with Crippen LogP contribution in [0.5, 0.6) is 11.5 Å². The molecule has 1 aromatic rings. The lowest BCUT2D eigenvalue weighted by Crippen LogP contribution is -2.44. The number of carboxylic acids is 1. The Morgan fingerprint density at radius 3 is 2.62 bits per heavy atom. The Balaban J connectivity index is 2.00. The molecular weight excluding hydrogens is 274 g/mol. The van der Waals surface area contributed by atoms with Crippen molar-refractivity contribution in [3.63, 3.8) is 0 Å². The molecule has 1 aliphatic heterocycles. The monoisotopic (exact) mass is 293 g/mol. The van der Waals surface area contributed by atoms with Crippen LogP contribution in [0.2, 0.25) is 0 Å². The third kappa shape index (κ3) is 3.26. The Bertz CT molecular complexity index is 531. The summed E-state index contributed by atoms with van der Waals surface area (Å²) in [6.45, 7) is 2.09. The summed E-state index contributed by atoms with van der Waals surface area (Å²) < 4.78 is 10.6. The summed E-state index contributed by atoms with van der Waals surface area (Å²) in [5.41, 5.74) is 0. The third-order valence-electron chi connectivity index (χ3n) is 3.69. The highest BCUT2D eigenvalue weighted by atomic mass is 16.5. The average Bonchev–Trinajstić information content (AvgIpc) is 2.87. The van der Waals surface area contributed by atoms with Crippen LogP contribution in [0.25, 0.3) is 0 Å². The predicted molar refractivity (Wildman–Crippen MR) is 75.4 cm³/mol. The first-order valence-corrected chi connectivity index (χ1v) is 6.82. The summed E-state index contributed by atoms with van der Waals surface area (Å²) >= 11 is 0. The Morgan fingerprint density at radius 2 is 2.00 bits per heavy atom. The van der Waals surface area contributed by atoms with Gasteiger partial charge in [0.05, 0.1) is 7.11 Å². The summed E-state index contributed by atoms with van der Waals surface area (Å²) in [7, 11) is 1.52. The number of para-hydroxylation sites is 2. The molecule has 2 unspecified atom stereocenters. The average molecular weight is 293 g/mol. The molecule has 1 aliphatic rings. The SMILES string of the molecule is COc1ccccc1OCC(=O)N1CCC(C)C1C(=O)O. The molecule has 1 saturated heterocycles. The fourth-order valence-corrected chi connectivity index (χ4v) is 2.56. The second kappa shape index (κ2) is 6.47. The molecule has 2 atom stereocenters. The molecule has 2 rings (SSSR count). The summed E-state index contributed by atoms with van der Waals surface area (Å²) in [4.78, 5) is 24.8. The Morgan fingerprint density at radius 1 is 1.33 bits per heavy atom. The molecule has 6 heteroatoms. The van der Waals surface area contributed by atoms with Gasteiger partial charge in [-0.05, 0) is 24.5 Å². The van der Waals surface area contributed by atoms with E-state index in [0.717, 1.165) is 0 Å². The van der Waals surface area contributed by atoms with Gasteiger partial charge in [0.15, 0.2) is 18.1 Å². The first kappa shape index (κ1) is 15.2. The molecule has 6 nitrogen and oxygen atoms in total. The fraction of sp³-hybridized carbons (Fsp3) is 0.467. The number of aliphatic carboxylic acids is 1. The van der Waals surface area contributed by atoms with E-state index in [0.29, 0.717) is 24.5 Å². The molecular formula is C15H19NO5. The van der Waals surface area contributed by atoms with E-state index >= 15 is 0 Å². The van der Waals surface area contributed by atoms with Crippen LogP contribution in [0.1, 0.15) is 13.3 Å². The number of methoxy groups -OCH3 is 1. The standard InChI is InChI=1S/C15H19NO5/c1-10-7-8-16(14(10)15(18)19)13(17)9-21-12-6-4-3-5-11(12)20-2/h3-6,10,14H,7-9H2,1-2H3,(H,18,19). The molecule has 0 aliphatic carbocycles. The molecule has 1 fully saturated rings. The van der Waals surface area contributed by atoms with Gasteiger partial charge in [-0.15, -0.1) is 0 Å². The van der Waals surface area contributed by atoms with Gasteiger partial charge in [0.25, 0.3) is 5.91 Å². The minimum atomic E-state index is -0.967. The Kier molecular flexibility index (Phi) is 4.67. The fourth-order valence-electron chi connectivity index (χ4n) is 2.56. The predicted octanol–water partition coefficient (Wildman–Crippen LogP) is 1.40. The maximum atomic E-state index is 12.2. The van der Waals surface area contributed by atoms with Crippen LogP contribution >= 0.6 is 0 Å². The maximum absolute atomic E-state index is 12.2. The van der Waals surface area contributed by atoms with Gasteiger partial charge in [-0.25, -0.2) is 4.79 Å². The number of likely N-dealkylation sites (tertiary alicyclic amines) is 1. The van der Waals surface area contributed by atoms with E-state index in [1.807, 2.05) is 6.92 Å². The normalized spacial score (nSPS) is 21.1. The first-order valence-electron chi connectivity index (χ1n) is 6.82. The number of ether oxygens (including phenoxy) is 2. The van der Waals surface area contributed by atoms with E-state index in [2.05, 4.69) is 0 Å². The van der Waals surface area contributed by atoms with Crippen molar-refractivity contribution in [3.8, 4) is 11.5 Å². The first-order chi connectivity index (χ1) is 10.0. The van der Waals surface area contributed by atoms with Crippen molar-refractivity contribution in [3.05, 3.63) is 24.3 Å². The number of carbonyl (C=O) groups excluding carboxylic acids is 1. The minimum Gasteiger partial charge on any atom is -0.493 e. The molecule has 0 spiro atoms. The quantitative estimate of drug-likeness (QED) is 0.888. The highest BCUT2D eigenvalue weighted by Crippen LogP contribution is 2.27. The number of rotatable bonds is 5. The molecule has 0 aromatic heterocycles. The largest absolute Gasteiger partial charge is 0.493 e. The van der Waals surface area contributed by atoms with Gasteiger partial charge in [-0.3, -0.25) is 4.79 Å². The highest BCUT2D eigenvalue weighted by Gasteiger charge is 2.39. The van der Waals surface area contributed by atoms with Gasteiger partial charge in [0, 0.05) is 6.54 Å². The zero-order valence-corrected chi connectivity index (χ0v) is 12.1. The van der Waals surface area contributed by atoms with Gasteiger partial charge in [-0.1, -0.05) is 19.1 Å². The van der Waals surface area contributed by atoms with Crippen LogP contribution < -0.4 is 9.47 Å². The third-order valence-corrected chi connectivity index (χ3v) is 3.69. The van der Waals surface area contributed by atoms with Gasteiger partial charge in [-0.2, -0.15) is 0 Å². The number of hydrogen-bond acceptors (Lipinski definition) is 4. The second-order valence-corrected chi connectivity index (χ2v) is 5.08. The van der Waals surface area contributed by atoms with Crippen LogP contribution in [0.4, 0.5) is 0 Å². The lowest BCUT2D eigenvalue weighted by atomic mass is 10.0. The summed E-state index contributed by atoms with van der Waals surface area (Å²) in [5, 5.41) is 9.22. The number of carboxylic acid groups (broad SMARTS) is 1. The number of benzene rings is 1. The lowest BCUT2D eigenvalue weighted by Gasteiger charge is -2.23. The Hall–Kier alpha value is -2.24. The van der Waals surface area contributed by atoms with Crippen molar-refractivity contribution in [2.45, 2.75) is 19.4 Å². The van der Waals surface area contributed by atoms with Crippen molar-refractivity contribution in [2.75, 3.05) is 20.3 Å². The topological polar surface area (TPSA) is 76.1 Å². The van der Waals surface area contributed by atoms with E-state index in [4.69, 9.17) is 9.47 Å². The summed E-state index contributed by atoms with van der Waals surface area (Å²) in [6.07, 6.45) is 0.692. The van der Waals surface area contributed by atoms with Gasteiger partial charge in [0.1, 0.15) is 6.04 Å². The molecule has 1 aromatic carbocycles. The number of nitrogens with zero attached hydrogens (tertiary/aromatic N) is 1. The van der Waals surface area contributed by atoms with Crippen molar-refractivity contribution in [2.24, 2.45) is 5.92 Å². The van der Waals surface area contributed by atoms with E-state index in [1.165, 1.54) is 12.0 Å². The van der Waals surface area contributed by atoms with Gasteiger partial charge in [0.2, 0.25) is 0 Å². The van der Waals surface area contributed by atoms with Gasteiger partial charge < -0.3 is 19.5 Å². The van der Waals surface area contributed by atoms with Crippen LogP contribution in [0.15, 0.2) is 24.3 Å². The van der Waals surface area contributed by atoms with Gasteiger partial charge >= 0.3 is 5.97 Å². The lowest BCUT2D eigenvalue weighted by molar-refractivity contribution is -0.150. The number of amides is 1. The second-order valence-electron chi connectivity index (χ2n) is 5.08. The van der Waals surface area contributed by atoms with Crippen LogP contribution in [-0.2, 0) is 9.59 Å². The van der Waals surface area contributed by atoms with Crippen molar-refractivity contribution < 1.29 is 24.2 Å². The Labute approximate surface area is 123 Å². The van der Waals surface area contributed by atoms with E-state index < -0.39 is 12.0 Å². The van der Waals surface area contributed by atoms with Crippen molar-refractivity contribution in [1.29, 1.82) is 0 Å². The van der Waals surface area contributed by atoms with Crippen molar-refractivity contribution in [1.82, 2.24) is 4.90 Å². The molecule has 1 N–H and O–H groups in total. The van der Waals surface area contributed by atoms with E-state index in [9.17, 15) is 14.7 Å². The molecule has 0 radical (unpaired) electrons.